The summed E-state index contributed by atoms with van der Waals surface area (Å²) < 4.78 is 11.0. The number of ether oxygens (including phenoxy) is 2. The maximum Gasteiger partial charge on any atom is 0.345 e. The average molecular weight is 343 g/mol. The van der Waals surface area contributed by atoms with E-state index in [9.17, 15) is 4.79 Å². The summed E-state index contributed by atoms with van der Waals surface area (Å²) in [4.78, 5) is 22.6. The maximum atomic E-state index is 11.1. The van der Waals surface area contributed by atoms with Crippen molar-refractivity contribution in [1.82, 2.24) is 9.97 Å². The van der Waals surface area contributed by atoms with Gasteiger partial charge in [-0.15, -0.1) is 0 Å². The Morgan fingerprint density at radius 2 is 2.20 bits per heavy atom. The third-order valence-corrected chi connectivity index (χ3v) is 4.05. The van der Waals surface area contributed by atoms with Crippen molar-refractivity contribution in [3.05, 3.63) is 58.3 Å². The Hall–Kier alpha value is -2.67. The summed E-state index contributed by atoms with van der Waals surface area (Å²) in [7, 11) is 1.67. The van der Waals surface area contributed by atoms with Gasteiger partial charge in [0, 0.05) is 18.7 Å². The molecule has 3 rings (SSSR count). The van der Waals surface area contributed by atoms with Crippen LogP contribution in [0.2, 0.25) is 0 Å². The summed E-state index contributed by atoms with van der Waals surface area (Å²) in [6.07, 6.45) is 4.99. The van der Waals surface area contributed by atoms with E-state index < -0.39 is 5.69 Å². The first-order valence-corrected chi connectivity index (χ1v) is 8.10. The molecule has 0 atom stereocenters. The highest BCUT2D eigenvalue weighted by atomic mass is 16.6. The van der Waals surface area contributed by atoms with Gasteiger partial charge in [0.1, 0.15) is 12.4 Å². The molecule has 1 fully saturated rings. The molecule has 0 unspecified atom stereocenters. The number of nitrogens with one attached hydrogen (secondary N) is 1. The van der Waals surface area contributed by atoms with E-state index in [1.165, 1.54) is 12.4 Å². The van der Waals surface area contributed by atoms with E-state index in [1.54, 1.807) is 13.2 Å². The fourth-order valence-electron chi connectivity index (χ4n) is 2.36. The van der Waals surface area contributed by atoms with E-state index in [-0.39, 0.29) is 5.41 Å². The van der Waals surface area contributed by atoms with Gasteiger partial charge in [-0.05, 0) is 36.6 Å². The smallest absolute Gasteiger partial charge is 0.345 e. The van der Waals surface area contributed by atoms with Gasteiger partial charge in [0.2, 0.25) is 0 Å². The van der Waals surface area contributed by atoms with Crippen LogP contribution in [-0.4, -0.2) is 36.5 Å². The molecule has 7 nitrogen and oxygen atoms in total. The van der Waals surface area contributed by atoms with Crippen molar-refractivity contribution >= 4 is 6.21 Å². The number of H-pyrrole nitrogens is 1. The van der Waals surface area contributed by atoms with Crippen molar-refractivity contribution in [3.63, 3.8) is 0 Å². The van der Waals surface area contributed by atoms with Crippen LogP contribution in [-0.2, 0) is 16.2 Å². The molecule has 1 aliphatic rings. The summed E-state index contributed by atoms with van der Waals surface area (Å²) in [6.45, 7) is 1.64. The van der Waals surface area contributed by atoms with Crippen LogP contribution in [0, 0.1) is 5.41 Å². The fraction of sp³-hybridized carbons (Fsp3) is 0.389. The number of aromatic nitrogens is 2. The molecule has 1 heterocycles. The van der Waals surface area contributed by atoms with Gasteiger partial charge in [-0.2, -0.15) is 0 Å². The highest BCUT2D eigenvalue weighted by Crippen LogP contribution is 2.46. The van der Waals surface area contributed by atoms with E-state index in [0.717, 1.165) is 24.2 Å². The maximum absolute atomic E-state index is 11.1. The van der Waals surface area contributed by atoms with Crippen LogP contribution < -0.4 is 10.4 Å². The quantitative estimate of drug-likeness (QED) is 0.557. The molecular weight excluding hydrogens is 322 g/mol. The molecule has 0 spiro atoms. The van der Waals surface area contributed by atoms with Crippen LogP contribution in [0.3, 0.4) is 0 Å². The lowest BCUT2D eigenvalue weighted by atomic mass is 10.1. The van der Waals surface area contributed by atoms with Crippen molar-refractivity contribution in [1.29, 1.82) is 0 Å². The summed E-state index contributed by atoms with van der Waals surface area (Å²) >= 11 is 0. The number of methoxy groups -OCH3 is 1. The monoisotopic (exact) mass is 343 g/mol. The largest absolute Gasteiger partial charge is 0.493 e. The SMILES string of the molecule is COCc1cccc(OCC2(CO/N=C/c3ccnc(=O)[nH]3)CC2)c1. The van der Waals surface area contributed by atoms with Gasteiger partial charge in [-0.1, -0.05) is 17.3 Å². The Morgan fingerprint density at radius 1 is 1.32 bits per heavy atom. The minimum Gasteiger partial charge on any atom is -0.493 e. The van der Waals surface area contributed by atoms with Crippen molar-refractivity contribution in [2.45, 2.75) is 19.4 Å². The number of hydrogen-bond donors (Lipinski definition) is 1. The van der Waals surface area contributed by atoms with Crippen LogP contribution in [0.4, 0.5) is 0 Å². The molecule has 0 bridgehead atoms. The van der Waals surface area contributed by atoms with Crippen LogP contribution >= 0.6 is 0 Å². The van der Waals surface area contributed by atoms with Crippen molar-refractivity contribution in [2.75, 3.05) is 20.3 Å². The number of hydrogen-bond acceptors (Lipinski definition) is 6. The lowest BCUT2D eigenvalue weighted by Gasteiger charge is -2.15. The first-order valence-electron chi connectivity index (χ1n) is 8.10. The molecule has 1 aliphatic carbocycles. The molecule has 1 aromatic heterocycles. The number of benzene rings is 1. The number of oxime groups is 1. The Kier molecular flexibility index (Phi) is 5.45. The van der Waals surface area contributed by atoms with Gasteiger partial charge in [-0.3, -0.25) is 0 Å². The van der Waals surface area contributed by atoms with Gasteiger partial charge in [0.25, 0.3) is 0 Å². The lowest BCUT2D eigenvalue weighted by molar-refractivity contribution is 0.0728. The molecule has 25 heavy (non-hydrogen) atoms. The molecule has 0 amide bonds. The topological polar surface area (TPSA) is 85.8 Å². The minimum atomic E-state index is -0.410. The highest BCUT2D eigenvalue weighted by molar-refractivity contribution is 5.75. The van der Waals surface area contributed by atoms with Crippen molar-refractivity contribution in [2.24, 2.45) is 10.6 Å². The summed E-state index contributed by atoms with van der Waals surface area (Å²) in [5, 5.41) is 3.91. The van der Waals surface area contributed by atoms with Gasteiger partial charge in [-0.25, -0.2) is 9.78 Å². The summed E-state index contributed by atoms with van der Waals surface area (Å²) in [6, 6.07) is 9.54. The van der Waals surface area contributed by atoms with E-state index >= 15 is 0 Å². The van der Waals surface area contributed by atoms with Crippen molar-refractivity contribution < 1.29 is 14.3 Å². The average Bonchev–Trinajstić information content (AvgIpc) is 3.38. The second-order valence-corrected chi connectivity index (χ2v) is 6.21. The first-order chi connectivity index (χ1) is 12.2. The predicted molar refractivity (Wildman–Crippen MR) is 92.7 cm³/mol. The molecule has 1 aromatic carbocycles. The Morgan fingerprint density at radius 3 is 2.96 bits per heavy atom. The Balaban J connectivity index is 1.47. The molecule has 1 saturated carbocycles. The molecule has 0 radical (unpaired) electrons. The molecule has 1 N–H and O–H groups in total. The second-order valence-electron chi connectivity index (χ2n) is 6.21. The molecule has 0 saturated heterocycles. The first kappa shape index (κ1) is 17.2. The number of rotatable bonds is 9. The summed E-state index contributed by atoms with van der Waals surface area (Å²) in [5.74, 6) is 0.832. The molecule has 7 heteroatoms. The lowest BCUT2D eigenvalue weighted by Crippen LogP contribution is -2.18. The zero-order valence-corrected chi connectivity index (χ0v) is 14.1. The third-order valence-electron chi connectivity index (χ3n) is 4.05. The Bertz CT molecular complexity index is 784. The van der Waals surface area contributed by atoms with E-state index in [2.05, 4.69) is 15.1 Å². The van der Waals surface area contributed by atoms with Gasteiger partial charge in [0.05, 0.1) is 25.1 Å². The van der Waals surface area contributed by atoms with Crippen LogP contribution in [0.15, 0.2) is 46.5 Å². The second kappa shape index (κ2) is 7.94. The van der Waals surface area contributed by atoms with Crippen LogP contribution in [0.5, 0.6) is 5.75 Å². The van der Waals surface area contributed by atoms with E-state index in [4.69, 9.17) is 14.3 Å². The highest BCUT2D eigenvalue weighted by Gasteiger charge is 2.44. The summed E-state index contributed by atoms with van der Waals surface area (Å²) in [5.41, 5.74) is 1.24. The Labute approximate surface area is 145 Å². The third kappa shape index (κ3) is 5.15. The van der Waals surface area contributed by atoms with E-state index in [1.807, 2.05) is 24.3 Å². The van der Waals surface area contributed by atoms with Gasteiger partial charge < -0.3 is 19.3 Å². The van der Waals surface area contributed by atoms with Gasteiger partial charge in [0.15, 0.2) is 0 Å². The molecule has 0 aliphatic heterocycles. The van der Waals surface area contributed by atoms with Gasteiger partial charge >= 0.3 is 5.69 Å². The minimum absolute atomic E-state index is 0.0141. The number of nitrogens with zero attached hydrogens (tertiary/aromatic N) is 2. The zero-order valence-electron chi connectivity index (χ0n) is 14.1. The van der Waals surface area contributed by atoms with Crippen LogP contribution in [0.25, 0.3) is 0 Å². The van der Waals surface area contributed by atoms with E-state index in [0.29, 0.717) is 25.5 Å². The standard InChI is InChI=1S/C18H21N3O4/c1-23-11-14-3-2-4-16(9-14)24-12-18(6-7-18)13-25-20-10-15-5-8-19-17(22)21-15/h2-5,8-10H,6-7,11-13H2,1H3,(H,19,21,22)/b20-10+. The van der Waals surface area contributed by atoms with Crippen LogP contribution in [0.1, 0.15) is 24.1 Å². The number of aromatic amines is 1. The molecular formula is C18H21N3O4. The molecule has 2 aromatic rings. The van der Waals surface area contributed by atoms with Crippen molar-refractivity contribution in [3.8, 4) is 5.75 Å². The molecule has 132 valence electrons. The fourth-order valence-corrected chi connectivity index (χ4v) is 2.36. The predicted octanol–water partition coefficient (Wildman–Crippen LogP) is 2.13. The zero-order chi connectivity index (χ0) is 17.5. The normalized spacial score (nSPS) is 15.2.